The first kappa shape index (κ1) is 27.3. The number of morpholine rings is 1. The van der Waals surface area contributed by atoms with Gasteiger partial charge in [0.15, 0.2) is 11.0 Å². The molecular weight excluding hydrogens is 538 g/mol. The van der Waals surface area contributed by atoms with Crippen LogP contribution < -0.4 is 5.32 Å². The number of benzene rings is 1. The zero-order valence-corrected chi connectivity index (χ0v) is 24.4. The Bertz CT molecular complexity index is 1380. The highest BCUT2D eigenvalue weighted by Gasteiger charge is 2.47. The van der Waals surface area contributed by atoms with Crippen molar-refractivity contribution in [2.24, 2.45) is 5.92 Å². The summed E-state index contributed by atoms with van der Waals surface area (Å²) in [5.74, 6) is 0.721. The molecule has 1 amide bonds. The second kappa shape index (κ2) is 11.3. The summed E-state index contributed by atoms with van der Waals surface area (Å²) < 4.78 is 13.1. The van der Waals surface area contributed by atoms with Gasteiger partial charge in [0.05, 0.1) is 34.6 Å². The molecule has 218 valence electrons. The highest BCUT2D eigenvalue weighted by molar-refractivity contribution is 7.22. The maximum atomic E-state index is 13.1. The summed E-state index contributed by atoms with van der Waals surface area (Å²) in [7, 11) is 0. The number of fused-ring (bicyclic) bond motifs is 1. The third-order valence-electron chi connectivity index (χ3n) is 9.64. The summed E-state index contributed by atoms with van der Waals surface area (Å²) in [4.78, 5) is 29.3. The Morgan fingerprint density at radius 3 is 2.73 bits per heavy atom. The van der Waals surface area contributed by atoms with Gasteiger partial charge in [0, 0.05) is 42.5 Å². The van der Waals surface area contributed by atoms with E-state index in [-0.39, 0.29) is 29.6 Å². The number of anilines is 1. The van der Waals surface area contributed by atoms with Gasteiger partial charge in [-0.25, -0.2) is 15.0 Å². The van der Waals surface area contributed by atoms with E-state index in [1.165, 1.54) is 37.0 Å². The van der Waals surface area contributed by atoms with Crippen molar-refractivity contribution in [3.8, 4) is 11.1 Å². The first-order valence-corrected chi connectivity index (χ1v) is 16.0. The van der Waals surface area contributed by atoms with Gasteiger partial charge >= 0.3 is 0 Å². The summed E-state index contributed by atoms with van der Waals surface area (Å²) in [5.41, 5.74) is 2.83. The van der Waals surface area contributed by atoms with Crippen molar-refractivity contribution >= 4 is 32.6 Å². The number of nitrogens with zero attached hydrogens (tertiary/aromatic N) is 4. The Kier molecular flexibility index (Phi) is 7.53. The predicted molar refractivity (Wildman–Crippen MR) is 158 cm³/mol. The van der Waals surface area contributed by atoms with Crippen LogP contribution >= 0.6 is 11.3 Å². The van der Waals surface area contributed by atoms with Crippen LogP contribution in [0.2, 0.25) is 0 Å². The van der Waals surface area contributed by atoms with Crippen LogP contribution in [0, 0.1) is 5.92 Å². The normalized spacial score (nSPS) is 29.7. The smallest absolute Gasteiger partial charge is 0.229 e. The van der Waals surface area contributed by atoms with Crippen molar-refractivity contribution in [3.63, 3.8) is 0 Å². The lowest BCUT2D eigenvalue weighted by molar-refractivity contribution is -0.153. The minimum Gasteiger partial charge on any atom is -0.390 e. The summed E-state index contributed by atoms with van der Waals surface area (Å²) >= 11 is 1.50. The number of nitrogens with one attached hydrogen (secondary N) is 1. The van der Waals surface area contributed by atoms with Crippen LogP contribution in [0.4, 0.5) is 5.13 Å². The highest BCUT2D eigenvalue weighted by Crippen LogP contribution is 2.42. The number of thiazole rings is 1. The van der Waals surface area contributed by atoms with E-state index >= 15 is 0 Å². The van der Waals surface area contributed by atoms with Crippen LogP contribution in [-0.2, 0) is 20.9 Å². The molecule has 2 aromatic heterocycles. The van der Waals surface area contributed by atoms with Gasteiger partial charge in [-0.1, -0.05) is 30.2 Å². The van der Waals surface area contributed by atoms with Crippen LogP contribution in [0.15, 0.2) is 30.6 Å². The summed E-state index contributed by atoms with van der Waals surface area (Å²) in [6.07, 6.45) is 12.5. The molecule has 1 saturated heterocycles. The van der Waals surface area contributed by atoms with Crippen molar-refractivity contribution < 1.29 is 19.4 Å². The second-order valence-electron chi connectivity index (χ2n) is 12.5. The fourth-order valence-corrected chi connectivity index (χ4v) is 7.94. The number of hydrogen-bond acceptors (Lipinski definition) is 9. The zero-order chi connectivity index (χ0) is 28.0. The third-order valence-corrected chi connectivity index (χ3v) is 10.6. The molecule has 10 heteroatoms. The first-order valence-electron chi connectivity index (χ1n) is 15.2. The van der Waals surface area contributed by atoms with E-state index in [1.54, 1.807) is 12.4 Å². The molecule has 3 heterocycles. The van der Waals surface area contributed by atoms with E-state index in [0.29, 0.717) is 29.6 Å². The topological polar surface area (TPSA) is 110 Å². The van der Waals surface area contributed by atoms with Crippen LogP contribution in [0.5, 0.6) is 0 Å². The standard InChI is InChI=1S/C31H39N5O4S/c1-19-16-40-31(9-2-3-10-31)18-36(19)23-11-21(12-23)29(38)35-30-34-24-8-7-20(13-27(24)41-30)22-14-32-28(33-15-22)17-39-26-6-4-5-25(26)37/h7-8,13-15,19,21,23,25-26,37H,2-6,9-12,16-18H2,1H3,(H,34,35,38)/t19?,21?,23?,25-,26-/m0/s1. The predicted octanol–water partition coefficient (Wildman–Crippen LogP) is 4.93. The van der Waals surface area contributed by atoms with Crippen molar-refractivity contribution in [2.45, 2.75) is 101 Å². The fraction of sp³-hybridized carbons (Fsp3) is 0.613. The number of carbonyl (C=O) groups excluding carboxylic acids is 1. The van der Waals surface area contributed by atoms with Crippen molar-refractivity contribution in [3.05, 3.63) is 36.4 Å². The Labute approximate surface area is 244 Å². The Morgan fingerprint density at radius 1 is 1.17 bits per heavy atom. The third kappa shape index (κ3) is 5.64. The first-order chi connectivity index (χ1) is 19.9. The largest absolute Gasteiger partial charge is 0.390 e. The monoisotopic (exact) mass is 577 g/mol. The molecule has 1 aliphatic heterocycles. The van der Waals surface area contributed by atoms with Gasteiger partial charge in [-0.15, -0.1) is 0 Å². The molecule has 2 N–H and O–H groups in total. The van der Waals surface area contributed by atoms with Gasteiger partial charge in [0.25, 0.3) is 0 Å². The van der Waals surface area contributed by atoms with Crippen LogP contribution in [0.3, 0.4) is 0 Å². The lowest BCUT2D eigenvalue weighted by atomic mass is 9.77. The van der Waals surface area contributed by atoms with Crippen LogP contribution in [-0.4, -0.2) is 73.9 Å². The van der Waals surface area contributed by atoms with Gasteiger partial charge in [-0.05, 0) is 69.6 Å². The molecule has 0 radical (unpaired) electrons. The summed E-state index contributed by atoms with van der Waals surface area (Å²) in [5, 5.41) is 13.7. The van der Waals surface area contributed by atoms with Crippen molar-refractivity contribution in [1.82, 2.24) is 19.9 Å². The quantitative estimate of drug-likeness (QED) is 0.407. The molecule has 0 bridgehead atoms. The van der Waals surface area contributed by atoms with Crippen LogP contribution in [0.25, 0.3) is 21.3 Å². The van der Waals surface area contributed by atoms with Crippen molar-refractivity contribution in [2.75, 3.05) is 18.5 Å². The molecule has 4 fully saturated rings. The highest BCUT2D eigenvalue weighted by atomic mass is 32.1. The molecule has 3 atom stereocenters. The number of rotatable bonds is 7. The van der Waals surface area contributed by atoms with Gasteiger partial charge in [-0.3, -0.25) is 9.69 Å². The van der Waals surface area contributed by atoms with Gasteiger partial charge in [0.2, 0.25) is 5.91 Å². The average Bonchev–Trinajstić information content (AvgIpc) is 3.68. The molecule has 3 aromatic rings. The van der Waals surface area contributed by atoms with Gasteiger partial charge in [-0.2, -0.15) is 0 Å². The molecule has 41 heavy (non-hydrogen) atoms. The number of hydrogen-bond donors (Lipinski definition) is 2. The molecule has 3 saturated carbocycles. The van der Waals surface area contributed by atoms with Gasteiger partial charge < -0.3 is 19.9 Å². The zero-order valence-electron chi connectivity index (χ0n) is 23.6. The molecular formula is C31H39N5O4S. The lowest BCUT2D eigenvalue weighted by Crippen LogP contribution is -2.61. The average molecular weight is 578 g/mol. The maximum Gasteiger partial charge on any atom is 0.229 e. The summed E-state index contributed by atoms with van der Waals surface area (Å²) in [6.45, 7) is 4.37. The number of aromatic nitrogens is 3. The maximum absolute atomic E-state index is 13.1. The number of aliphatic hydroxyl groups is 1. The number of amides is 1. The number of aliphatic hydroxyl groups excluding tert-OH is 1. The molecule has 3 aliphatic carbocycles. The molecule has 1 aromatic carbocycles. The Balaban J connectivity index is 0.943. The Hall–Kier alpha value is -2.50. The number of ether oxygens (including phenoxy) is 2. The van der Waals surface area contributed by atoms with E-state index < -0.39 is 0 Å². The summed E-state index contributed by atoms with van der Waals surface area (Å²) in [6, 6.07) is 6.94. The van der Waals surface area contributed by atoms with E-state index in [9.17, 15) is 9.90 Å². The SMILES string of the molecule is CC1COC2(CCCC2)CN1C1CC(C(=O)Nc2nc3ccc(-c4cnc(CO[C@H]5CCC[C@@H]5O)nc4)cc3s2)C1. The number of carbonyl (C=O) groups is 1. The molecule has 4 aliphatic rings. The molecule has 1 unspecified atom stereocenters. The Morgan fingerprint density at radius 2 is 1.98 bits per heavy atom. The van der Waals surface area contributed by atoms with Gasteiger partial charge in [0.1, 0.15) is 6.61 Å². The second-order valence-corrected chi connectivity index (χ2v) is 13.5. The van der Waals surface area contributed by atoms with Crippen LogP contribution in [0.1, 0.15) is 70.5 Å². The lowest BCUT2D eigenvalue weighted by Gasteiger charge is -2.51. The minimum absolute atomic E-state index is 0.0359. The van der Waals surface area contributed by atoms with Crippen molar-refractivity contribution in [1.29, 1.82) is 0 Å². The van der Waals surface area contributed by atoms with E-state index in [0.717, 1.165) is 66.6 Å². The van der Waals surface area contributed by atoms with E-state index in [4.69, 9.17) is 9.47 Å². The minimum atomic E-state index is -0.385. The van der Waals surface area contributed by atoms with E-state index in [2.05, 4.69) is 38.2 Å². The fourth-order valence-electron chi connectivity index (χ4n) is 7.04. The molecule has 7 rings (SSSR count). The van der Waals surface area contributed by atoms with E-state index in [1.807, 2.05) is 12.1 Å². The molecule has 1 spiro atoms. The molecule has 9 nitrogen and oxygen atoms in total.